The highest BCUT2D eigenvalue weighted by Gasteiger charge is 2.20. The van der Waals surface area contributed by atoms with Crippen molar-refractivity contribution in [1.82, 2.24) is 20.0 Å². The third kappa shape index (κ3) is 3.97. The summed E-state index contributed by atoms with van der Waals surface area (Å²) < 4.78 is 25.2. The predicted molar refractivity (Wildman–Crippen MR) is 102 cm³/mol. The molecule has 2 aromatic rings. The van der Waals surface area contributed by atoms with Crippen LogP contribution < -0.4 is 15.4 Å². The van der Waals surface area contributed by atoms with E-state index in [9.17, 15) is 8.42 Å². The molecule has 0 spiro atoms. The zero-order chi connectivity index (χ0) is 18.1. The Kier molecular flexibility index (Phi) is 4.55. The molecule has 0 saturated carbocycles. The Balaban J connectivity index is 1.44. The Labute approximate surface area is 156 Å². The van der Waals surface area contributed by atoms with Crippen LogP contribution in [0.2, 0.25) is 0 Å². The first-order chi connectivity index (χ1) is 12.5. The lowest BCUT2D eigenvalue weighted by Gasteiger charge is -2.24. The molecule has 0 aliphatic carbocycles. The van der Waals surface area contributed by atoms with Crippen LogP contribution in [-0.2, 0) is 16.4 Å². The van der Waals surface area contributed by atoms with Crippen molar-refractivity contribution in [2.75, 3.05) is 24.7 Å². The van der Waals surface area contributed by atoms with Gasteiger partial charge in [0.05, 0.1) is 24.5 Å². The summed E-state index contributed by atoms with van der Waals surface area (Å²) >= 11 is 1.60. The maximum atomic E-state index is 11.3. The normalized spacial score (nSPS) is 18.8. The Morgan fingerprint density at radius 1 is 1.31 bits per heavy atom. The van der Waals surface area contributed by atoms with Gasteiger partial charge in [-0.2, -0.15) is 0 Å². The largest absolute Gasteiger partial charge is 0.372 e. The van der Waals surface area contributed by atoms with Crippen LogP contribution in [0.1, 0.15) is 5.56 Å². The van der Waals surface area contributed by atoms with Crippen molar-refractivity contribution in [2.24, 2.45) is 4.99 Å². The molecule has 2 aliphatic heterocycles. The third-order valence-electron chi connectivity index (χ3n) is 3.98. The molecule has 0 bridgehead atoms. The molecule has 8 nitrogen and oxygen atoms in total. The first-order valence-electron chi connectivity index (χ1n) is 8.09. The first-order valence-corrected chi connectivity index (χ1v) is 10.8. The number of nitrogens with zero attached hydrogens (tertiary/aromatic N) is 3. The van der Waals surface area contributed by atoms with Gasteiger partial charge in [0, 0.05) is 30.3 Å². The lowest BCUT2D eigenvalue weighted by molar-refractivity contribution is 0.538. The lowest BCUT2D eigenvalue weighted by atomic mass is 10.1. The number of aliphatic imine (C=N–C) groups is 1. The van der Waals surface area contributed by atoms with Gasteiger partial charge < -0.3 is 10.6 Å². The Morgan fingerprint density at radius 2 is 2.15 bits per heavy atom. The summed E-state index contributed by atoms with van der Waals surface area (Å²) in [6.45, 7) is 0.978. The van der Waals surface area contributed by atoms with E-state index in [1.54, 1.807) is 24.2 Å². The van der Waals surface area contributed by atoms with E-state index in [0.29, 0.717) is 19.5 Å². The zero-order valence-corrected chi connectivity index (χ0v) is 15.7. The van der Waals surface area contributed by atoms with Crippen molar-refractivity contribution in [3.05, 3.63) is 36.2 Å². The van der Waals surface area contributed by atoms with Crippen LogP contribution in [0.4, 0.5) is 11.5 Å². The number of benzene rings is 1. The van der Waals surface area contributed by atoms with E-state index in [4.69, 9.17) is 0 Å². The average Bonchev–Trinajstić information content (AvgIpc) is 2.60. The summed E-state index contributed by atoms with van der Waals surface area (Å²) in [5, 5.41) is 7.40. The van der Waals surface area contributed by atoms with E-state index >= 15 is 0 Å². The number of hydrogen-bond acceptors (Lipinski definition) is 8. The first kappa shape index (κ1) is 17.3. The van der Waals surface area contributed by atoms with E-state index in [0.717, 1.165) is 39.1 Å². The van der Waals surface area contributed by atoms with Gasteiger partial charge in [0.15, 0.2) is 5.82 Å². The minimum Gasteiger partial charge on any atom is -0.372 e. The average molecular weight is 390 g/mol. The van der Waals surface area contributed by atoms with E-state index in [1.165, 1.54) is 0 Å². The molecule has 0 fully saturated rings. The summed E-state index contributed by atoms with van der Waals surface area (Å²) in [7, 11) is -3.22. The van der Waals surface area contributed by atoms with Gasteiger partial charge in [-0.05, 0) is 17.7 Å². The molecule has 1 atom stereocenters. The molecule has 1 aromatic heterocycles. The standard InChI is InChI=1S/C16H18N6O2S2/c1-26(23,24)22-11-8-19-14(20-9-11)7-10-2-3-13-12(6-10)21-15-16(25-13)18-5-4-17-15/h2-6,11,22H,7-9H2,1H3,(H,17,21)(H,19,20). The molecule has 1 aromatic carbocycles. The van der Waals surface area contributed by atoms with E-state index < -0.39 is 10.0 Å². The van der Waals surface area contributed by atoms with Crippen molar-refractivity contribution in [2.45, 2.75) is 22.4 Å². The maximum absolute atomic E-state index is 11.3. The van der Waals surface area contributed by atoms with Crippen molar-refractivity contribution in [3.63, 3.8) is 0 Å². The molecule has 0 radical (unpaired) electrons. The van der Waals surface area contributed by atoms with Crippen LogP contribution in [0.3, 0.4) is 0 Å². The van der Waals surface area contributed by atoms with Gasteiger partial charge in [0.1, 0.15) is 10.9 Å². The molecule has 2 aliphatic rings. The highest BCUT2D eigenvalue weighted by molar-refractivity contribution is 7.99. The smallest absolute Gasteiger partial charge is 0.209 e. The quantitative estimate of drug-likeness (QED) is 0.613. The number of hydrogen-bond donors (Lipinski definition) is 3. The van der Waals surface area contributed by atoms with Crippen molar-refractivity contribution >= 4 is 39.1 Å². The fourth-order valence-corrected chi connectivity index (χ4v) is 4.51. The molecular weight excluding hydrogens is 372 g/mol. The summed E-state index contributed by atoms with van der Waals surface area (Å²) in [5.41, 5.74) is 2.12. The van der Waals surface area contributed by atoms with Gasteiger partial charge in [-0.15, -0.1) is 0 Å². The molecular formula is C16H18N6O2S2. The Morgan fingerprint density at radius 3 is 2.92 bits per heavy atom. The van der Waals surface area contributed by atoms with Crippen molar-refractivity contribution in [3.8, 4) is 0 Å². The molecule has 3 N–H and O–H groups in total. The molecule has 26 heavy (non-hydrogen) atoms. The number of anilines is 2. The van der Waals surface area contributed by atoms with Crippen molar-refractivity contribution < 1.29 is 8.42 Å². The summed E-state index contributed by atoms with van der Waals surface area (Å²) in [6.07, 6.45) is 5.18. The molecule has 136 valence electrons. The number of aromatic nitrogens is 2. The fourth-order valence-electron chi connectivity index (χ4n) is 2.87. The van der Waals surface area contributed by atoms with Gasteiger partial charge in [-0.25, -0.2) is 23.1 Å². The molecule has 0 amide bonds. The second-order valence-corrected chi connectivity index (χ2v) is 9.01. The third-order valence-corrected chi connectivity index (χ3v) is 5.81. The second kappa shape index (κ2) is 6.86. The van der Waals surface area contributed by atoms with Gasteiger partial charge in [-0.1, -0.05) is 17.8 Å². The lowest BCUT2D eigenvalue weighted by Crippen LogP contribution is -2.48. The topological polar surface area (TPSA) is 108 Å². The van der Waals surface area contributed by atoms with Gasteiger partial charge in [0.25, 0.3) is 0 Å². The number of amidine groups is 1. The van der Waals surface area contributed by atoms with Crippen LogP contribution >= 0.6 is 11.8 Å². The Hall–Kier alpha value is -2.17. The van der Waals surface area contributed by atoms with Crippen LogP contribution in [0.15, 0.2) is 45.5 Å². The van der Waals surface area contributed by atoms with E-state index in [1.807, 2.05) is 0 Å². The number of nitrogens with one attached hydrogen (secondary N) is 3. The molecule has 3 heterocycles. The molecule has 0 saturated heterocycles. The van der Waals surface area contributed by atoms with Crippen LogP contribution in [0.25, 0.3) is 0 Å². The monoisotopic (exact) mass is 390 g/mol. The van der Waals surface area contributed by atoms with Crippen LogP contribution in [0, 0.1) is 0 Å². The summed E-state index contributed by atoms with van der Waals surface area (Å²) in [4.78, 5) is 14.2. The fraction of sp³-hybridized carbons (Fsp3) is 0.312. The molecule has 10 heteroatoms. The summed E-state index contributed by atoms with van der Waals surface area (Å²) in [6, 6.07) is 6.02. The molecule has 4 rings (SSSR count). The van der Waals surface area contributed by atoms with Crippen molar-refractivity contribution in [1.29, 1.82) is 0 Å². The van der Waals surface area contributed by atoms with Crippen LogP contribution in [0.5, 0.6) is 0 Å². The van der Waals surface area contributed by atoms with E-state index in [2.05, 4.69) is 48.5 Å². The zero-order valence-electron chi connectivity index (χ0n) is 14.1. The van der Waals surface area contributed by atoms with Gasteiger partial charge >= 0.3 is 0 Å². The number of rotatable bonds is 4. The SMILES string of the molecule is CS(=O)(=O)NC1CN=C(Cc2ccc3c(c2)Nc2nccnc2S3)NC1. The summed E-state index contributed by atoms with van der Waals surface area (Å²) in [5.74, 6) is 1.63. The minimum absolute atomic E-state index is 0.203. The van der Waals surface area contributed by atoms with Gasteiger partial charge in [0.2, 0.25) is 10.0 Å². The van der Waals surface area contributed by atoms with Crippen LogP contribution in [-0.4, -0.2) is 49.6 Å². The van der Waals surface area contributed by atoms with Gasteiger partial charge in [-0.3, -0.25) is 4.99 Å². The molecule has 1 unspecified atom stereocenters. The highest BCUT2D eigenvalue weighted by atomic mass is 32.2. The van der Waals surface area contributed by atoms with E-state index in [-0.39, 0.29) is 6.04 Å². The number of sulfonamides is 1. The predicted octanol–water partition coefficient (Wildman–Crippen LogP) is 1.15. The Bertz CT molecular complexity index is 976. The maximum Gasteiger partial charge on any atom is 0.209 e. The number of fused-ring (bicyclic) bond motifs is 2. The minimum atomic E-state index is -3.22. The highest BCUT2D eigenvalue weighted by Crippen LogP contribution is 2.42. The second-order valence-electron chi connectivity index (χ2n) is 6.20.